The number of nitrogens with two attached hydrogens (primary N) is 1. The summed E-state index contributed by atoms with van der Waals surface area (Å²) in [5, 5.41) is 9.32. The van der Waals surface area contributed by atoms with Crippen LogP contribution in [0.1, 0.15) is 31.0 Å². The molecule has 0 saturated heterocycles. The van der Waals surface area contributed by atoms with Gasteiger partial charge in [-0.25, -0.2) is 9.78 Å². The molecule has 1 aromatic carbocycles. The Labute approximate surface area is 116 Å². The number of rotatable bonds is 5. The number of imidazole rings is 1. The highest BCUT2D eigenvalue weighted by atomic mass is 16.4. The second-order valence-electron chi connectivity index (χ2n) is 4.79. The van der Waals surface area contributed by atoms with E-state index in [1.165, 1.54) is 10.9 Å². The van der Waals surface area contributed by atoms with Gasteiger partial charge in [-0.15, -0.1) is 0 Å². The third kappa shape index (κ3) is 2.30. The van der Waals surface area contributed by atoms with Crippen LogP contribution in [0.3, 0.4) is 0 Å². The Morgan fingerprint density at radius 1 is 1.40 bits per heavy atom. The number of para-hydroxylation sites is 2. The van der Waals surface area contributed by atoms with Crippen LogP contribution in [-0.2, 0) is 4.79 Å². The van der Waals surface area contributed by atoms with Gasteiger partial charge in [-0.2, -0.15) is 0 Å². The van der Waals surface area contributed by atoms with Gasteiger partial charge in [0.2, 0.25) is 0 Å². The summed E-state index contributed by atoms with van der Waals surface area (Å²) in [5.74, 6) is -1.97. The molecule has 0 saturated carbocycles. The predicted octanol–water partition coefficient (Wildman–Crippen LogP) is 1.65. The van der Waals surface area contributed by atoms with Gasteiger partial charge in [-0.1, -0.05) is 31.9 Å². The molecule has 6 heteroatoms. The molecule has 2 aromatic rings. The molecule has 0 aliphatic heterocycles. The number of carbonyl (C=O) groups excluding carboxylic acids is 1. The Morgan fingerprint density at radius 3 is 2.75 bits per heavy atom. The zero-order valence-corrected chi connectivity index (χ0v) is 11.2. The number of carboxylic acids is 1. The quantitative estimate of drug-likeness (QED) is 0.808. The topological polar surface area (TPSA) is 98.2 Å². The Morgan fingerprint density at radius 2 is 2.10 bits per heavy atom. The molecule has 1 aromatic heterocycles. The van der Waals surface area contributed by atoms with Crippen molar-refractivity contribution in [1.29, 1.82) is 0 Å². The van der Waals surface area contributed by atoms with Crippen molar-refractivity contribution in [3.05, 3.63) is 30.6 Å². The molecule has 2 rings (SSSR count). The van der Waals surface area contributed by atoms with Gasteiger partial charge in [0.1, 0.15) is 6.33 Å². The maximum Gasteiger partial charge on any atom is 0.333 e. The molecule has 0 bridgehead atoms. The lowest BCUT2D eigenvalue weighted by Gasteiger charge is -2.23. The van der Waals surface area contributed by atoms with Gasteiger partial charge in [0.05, 0.1) is 11.0 Å². The third-order valence-corrected chi connectivity index (χ3v) is 3.36. The van der Waals surface area contributed by atoms with Crippen LogP contribution < -0.4 is 5.73 Å². The molecular formula is C14H17N3O3. The number of hydrogen-bond acceptors (Lipinski definition) is 4. The highest BCUT2D eigenvalue weighted by Crippen LogP contribution is 2.19. The van der Waals surface area contributed by atoms with E-state index in [0.717, 1.165) is 6.42 Å². The number of aromatic nitrogens is 2. The van der Waals surface area contributed by atoms with Crippen LogP contribution in [0.4, 0.5) is 0 Å². The van der Waals surface area contributed by atoms with Crippen LogP contribution in [0.15, 0.2) is 30.6 Å². The fourth-order valence-corrected chi connectivity index (χ4v) is 2.10. The number of aliphatic carboxylic acids is 1. The van der Waals surface area contributed by atoms with Crippen molar-refractivity contribution in [3.63, 3.8) is 0 Å². The maximum atomic E-state index is 12.5. The lowest BCUT2D eigenvalue weighted by Crippen LogP contribution is -2.56. The first-order chi connectivity index (χ1) is 9.50. The molecule has 106 valence electrons. The Kier molecular flexibility index (Phi) is 3.85. The van der Waals surface area contributed by atoms with E-state index in [0.29, 0.717) is 17.5 Å². The molecule has 0 spiro atoms. The lowest BCUT2D eigenvalue weighted by molar-refractivity contribution is -0.141. The molecule has 1 heterocycles. The Hall–Kier alpha value is -2.21. The van der Waals surface area contributed by atoms with E-state index in [4.69, 9.17) is 5.73 Å². The Bertz CT molecular complexity index is 650. The normalized spacial score (nSPS) is 14.1. The van der Waals surface area contributed by atoms with Gasteiger partial charge >= 0.3 is 5.97 Å². The molecule has 1 atom stereocenters. The second kappa shape index (κ2) is 5.42. The van der Waals surface area contributed by atoms with Crippen molar-refractivity contribution in [1.82, 2.24) is 9.55 Å². The zero-order valence-electron chi connectivity index (χ0n) is 11.2. The third-order valence-electron chi connectivity index (χ3n) is 3.36. The number of benzene rings is 1. The first-order valence-electron chi connectivity index (χ1n) is 6.50. The lowest BCUT2D eigenvalue weighted by atomic mass is 9.92. The minimum atomic E-state index is -1.92. The van der Waals surface area contributed by atoms with Crippen molar-refractivity contribution < 1.29 is 14.7 Å². The predicted molar refractivity (Wildman–Crippen MR) is 74.4 cm³/mol. The molecule has 0 radical (unpaired) electrons. The summed E-state index contributed by atoms with van der Waals surface area (Å²) < 4.78 is 1.22. The van der Waals surface area contributed by atoms with Crippen LogP contribution in [0.2, 0.25) is 0 Å². The minimum absolute atomic E-state index is 0.101. The average Bonchev–Trinajstić information content (AvgIpc) is 2.87. The van der Waals surface area contributed by atoms with Gasteiger partial charge in [0.15, 0.2) is 5.54 Å². The summed E-state index contributed by atoms with van der Waals surface area (Å²) in [5.41, 5.74) is 5.13. The molecule has 6 nitrogen and oxygen atoms in total. The van der Waals surface area contributed by atoms with E-state index in [9.17, 15) is 14.7 Å². The monoisotopic (exact) mass is 275 g/mol. The standard InChI is InChI=1S/C14H17N3O3/c1-2-3-8-14(15,13(19)20)12(18)17-9-16-10-6-4-5-7-11(10)17/h4-7,9H,2-3,8,15H2,1H3,(H,19,20)/t14-/m1/s1. The number of carboxylic acid groups (broad SMARTS) is 1. The molecular weight excluding hydrogens is 258 g/mol. The summed E-state index contributed by atoms with van der Waals surface area (Å²) in [6.45, 7) is 1.92. The smallest absolute Gasteiger partial charge is 0.333 e. The fraction of sp³-hybridized carbons (Fsp3) is 0.357. The van der Waals surface area contributed by atoms with Crippen LogP contribution in [0, 0.1) is 0 Å². The highest BCUT2D eigenvalue weighted by molar-refractivity contribution is 6.09. The number of hydrogen-bond donors (Lipinski definition) is 2. The van der Waals surface area contributed by atoms with Gasteiger partial charge in [0.25, 0.3) is 5.91 Å². The SMILES string of the molecule is CCCC[C@](N)(C(=O)O)C(=O)n1cnc2ccccc21. The van der Waals surface area contributed by atoms with E-state index in [1.807, 2.05) is 6.92 Å². The van der Waals surface area contributed by atoms with Gasteiger partial charge in [-0.3, -0.25) is 9.36 Å². The summed E-state index contributed by atoms with van der Waals surface area (Å²) >= 11 is 0. The largest absolute Gasteiger partial charge is 0.479 e. The maximum absolute atomic E-state index is 12.5. The zero-order chi connectivity index (χ0) is 14.8. The Balaban J connectivity index is 2.44. The van der Waals surface area contributed by atoms with Gasteiger partial charge in [0, 0.05) is 0 Å². The fourth-order valence-electron chi connectivity index (χ4n) is 2.10. The first-order valence-corrected chi connectivity index (χ1v) is 6.50. The van der Waals surface area contributed by atoms with Crippen LogP contribution >= 0.6 is 0 Å². The summed E-state index contributed by atoms with van der Waals surface area (Å²) in [6, 6.07) is 7.03. The average molecular weight is 275 g/mol. The second-order valence-corrected chi connectivity index (χ2v) is 4.79. The van der Waals surface area contributed by atoms with Crippen molar-refractivity contribution >= 4 is 22.9 Å². The number of carbonyl (C=O) groups is 2. The number of fused-ring (bicyclic) bond motifs is 1. The van der Waals surface area contributed by atoms with Gasteiger partial charge < -0.3 is 10.8 Å². The van der Waals surface area contributed by atoms with E-state index in [2.05, 4.69) is 4.98 Å². The molecule has 20 heavy (non-hydrogen) atoms. The molecule has 0 amide bonds. The molecule has 0 fully saturated rings. The van der Waals surface area contributed by atoms with Crippen LogP contribution in [0.25, 0.3) is 11.0 Å². The van der Waals surface area contributed by atoms with Crippen LogP contribution in [0.5, 0.6) is 0 Å². The molecule has 0 unspecified atom stereocenters. The molecule has 3 N–H and O–H groups in total. The number of unbranched alkanes of at least 4 members (excludes halogenated alkanes) is 1. The summed E-state index contributed by atoms with van der Waals surface area (Å²) in [4.78, 5) is 28.0. The van der Waals surface area contributed by atoms with Crippen molar-refractivity contribution in [2.24, 2.45) is 5.73 Å². The molecule has 0 aliphatic rings. The van der Waals surface area contributed by atoms with E-state index in [1.54, 1.807) is 24.3 Å². The summed E-state index contributed by atoms with van der Waals surface area (Å²) in [7, 11) is 0. The molecule has 0 aliphatic carbocycles. The van der Waals surface area contributed by atoms with E-state index in [-0.39, 0.29) is 6.42 Å². The van der Waals surface area contributed by atoms with Crippen molar-refractivity contribution in [2.75, 3.05) is 0 Å². The summed E-state index contributed by atoms with van der Waals surface area (Å²) in [6.07, 6.45) is 2.76. The van der Waals surface area contributed by atoms with Crippen molar-refractivity contribution in [2.45, 2.75) is 31.7 Å². The van der Waals surface area contributed by atoms with Gasteiger partial charge in [-0.05, 0) is 18.6 Å². The first kappa shape index (κ1) is 14.2. The highest BCUT2D eigenvalue weighted by Gasteiger charge is 2.42. The number of nitrogens with zero attached hydrogens (tertiary/aromatic N) is 2. The van der Waals surface area contributed by atoms with E-state index >= 15 is 0 Å². The minimum Gasteiger partial charge on any atom is -0.479 e. The van der Waals surface area contributed by atoms with Crippen LogP contribution in [-0.4, -0.2) is 32.1 Å². The van der Waals surface area contributed by atoms with E-state index < -0.39 is 17.4 Å². The van der Waals surface area contributed by atoms with Crippen molar-refractivity contribution in [3.8, 4) is 0 Å².